The van der Waals surface area contributed by atoms with Crippen molar-refractivity contribution in [2.75, 3.05) is 6.61 Å². The molecule has 1 saturated carbocycles. The van der Waals surface area contributed by atoms with E-state index in [1.54, 1.807) is 0 Å². The minimum Gasteiger partial charge on any atom is -0.458 e. The van der Waals surface area contributed by atoms with E-state index in [1.165, 1.54) is 32.1 Å². The molecule has 0 heterocycles. The van der Waals surface area contributed by atoms with Crippen molar-refractivity contribution in [1.29, 1.82) is 0 Å². The molecule has 1 rings (SSSR count). The maximum Gasteiger partial charge on any atom is 0.332 e. The van der Waals surface area contributed by atoms with Crippen molar-refractivity contribution < 1.29 is 14.3 Å². The van der Waals surface area contributed by atoms with Crippen LogP contribution in [0, 0.1) is 5.92 Å². The zero-order valence-corrected chi connectivity index (χ0v) is 11.6. The van der Waals surface area contributed by atoms with Crippen LogP contribution in [0.2, 0.25) is 0 Å². The zero-order valence-electron chi connectivity index (χ0n) is 11.6. The predicted octanol–water partition coefficient (Wildman–Crippen LogP) is 3.31. The molecular weight excluding hydrogens is 216 g/mol. The molecule has 3 nitrogen and oxygen atoms in total. The highest BCUT2D eigenvalue weighted by atomic mass is 16.6. The first kappa shape index (κ1) is 14.5. The Bertz CT molecular complexity index is 240. The smallest absolute Gasteiger partial charge is 0.332 e. The lowest BCUT2D eigenvalue weighted by molar-refractivity contribution is -0.169. The molecule has 3 heteroatoms. The summed E-state index contributed by atoms with van der Waals surface area (Å²) in [5.41, 5.74) is -0.349. The topological polar surface area (TPSA) is 35.5 Å². The van der Waals surface area contributed by atoms with Crippen molar-refractivity contribution >= 4 is 5.97 Å². The summed E-state index contributed by atoms with van der Waals surface area (Å²) in [6, 6.07) is 0. The van der Waals surface area contributed by atoms with Gasteiger partial charge < -0.3 is 9.47 Å². The van der Waals surface area contributed by atoms with Crippen LogP contribution >= 0.6 is 0 Å². The molecule has 0 N–H and O–H groups in total. The summed E-state index contributed by atoms with van der Waals surface area (Å²) in [6.07, 6.45) is 6.25. The first-order valence-corrected chi connectivity index (χ1v) is 6.75. The molecule has 0 bridgehead atoms. The molecule has 0 saturated heterocycles. The van der Waals surface area contributed by atoms with Crippen LogP contribution in [0.3, 0.4) is 0 Å². The molecular formula is C14H26O3. The van der Waals surface area contributed by atoms with E-state index >= 15 is 0 Å². The molecule has 0 amide bonds. The fourth-order valence-electron chi connectivity index (χ4n) is 2.44. The van der Waals surface area contributed by atoms with Gasteiger partial charge in [-0.3, -0.25) is 0 Å². The lowest BCUT2D eigenvalue weighted by atomic mass is 9.79. The summed E-state index contributed by atoms with van der Waals surface area (Å²) in [4.78, 5) is 11.7. The second kappa shape index (κ2) is 6.39. The summed E-state index contributed by atoms with van der Waals surface area (Å²) in [5, 5.41) is 0. The molecule has 17 heavy (non-hydrogen) atoms. The van der Waals surface area contributed by atoms with Gasteiger partial charge in [0.1, 0.15) is 12.2 Å². The zero-order chi connectivity index (χ0) is 12.9. The van der Waals surface area contributed by atoms with Crippen molar-refractivity contribution in [3.8, 4) is 0 Å². The first-order chi connectivity index (χ1) is 7.92. The number of esters is 1. The Kier molecular flexibility index (Phi) is 5.44. The molecule has 0 atom stereocenters. The molecule has 0 aromatic carbocycles. The summed E-state index contributed by atoms with van der Waals surface area (Å²) in [6.45, 7) is 7.94. The summed E-state index contributed by atoms with van der Waals surface area (Å²) < 4.78 is 10.8. The maximum atomic E-state index is 11.7. The van der Waals surface area contributed by atoms with Crippen LogP contribution in [0.25, 0.3) is 0 Å². The SMILES string of the molecule is CC(C)OCC(=O)OC(C)(C)C1CCCCC1. The van der Waals surface area contributed by atoms with Crippen LogP contribution in [0.15, 0.2) is 0 Å². The van der Waals surface area contributed by atoms with Crippen molar-refractivity contribution in [2.45, 2.75) is 71.5 Å². The van der Waals surface area contributed by atoms with E-state index in [4.69, 9.17) is 9.47 Å². The second-order valence-electron chi connectivity index (χ2n) is 5.77. The standard InChI is InChI=1S/C14H26O3/c1-11(2)16-10-13(15)17-14(3,4)12-8-6-5-7-9-12/h11-12H,5-10H2,1-4H3. The maximum absolute atomic E-state index is 11.7. The van der Waals surface area contributed by atoms with E-state index in [-0.39, 0.29) is 24.3 Å². The number of hydrogen-bond donors (Lipinski definition) is 0. The normalized spacial score (nSPS) is 18.4. The van der Waals surface area contributed by atoms with Gasteiger partial charge in [0.25, 0.3) is 0 Å². The van der Waals surface area contributed by atoms with Crippen LogP contribution in [0.5, 0.6) is 0 Å². The second-order valence-corrected chi connectivity index (χ2v) is 5.77. The molecule has 100 valence electrons. The highest BCUT2D eigenvalue weighted by molar-refractivity contribution is 5.71. The third kappa shape index (κ3) is 5.07. The molecule has 1 aliphatic carbocycles. The lowest BCUT2D eigenvalue weighted by Gasteiger charge is -2.36. The van der Waals surface area contributed by atoms with Gasteiger partial charge in [0.15, 0.2) is 0 Å². The van der Waals surface area contributed by atoms with Gasteiger partial charge in [-0.2, -0.15) is 0 Å². The van der Waals surface area contributed by atoms with Crippen molar-refractivity contribution in [2.24, 2.45) is 5.92 Å². The fourth-order valence-corrected chi connectivity index (χ4v) is 2.44. The largest absolute Gasteiger partial charge is 0.458 e. The monoisotopic (exact) mass is 242 g/mol. The summed E-state index contributed by atoms with van der Waals surface area (Å²) in [7, 11) is 0. The third-order valence-corrected chi connectivity index (χ3v) is 3.50. The van der Waals surface area contributed by atoms with Gasteiger partial charge in [-0.25, -0.2) is 4.79 Å². The average molecular weight is 242 g/mol. The Morgan fingerprint density at radius 2 is 1.82 bits per heavy atom. The lowest BCUT2D eigenvalue weighted by Crippen LogP contribution is -2.39. The van der Waals surface area contributed by atoms with Gasteiger partial charge >= 0.3 is 5.97 Å². The summed E-state index contributed by atoms with van der Waals surface area (Å²) >= 11 is 0. The number of carbonyl (C=O) groups excluding carboxylic acids is 1. The van der Waals surface area contributed by atoms with Crippen molar-refractivity contribution in [3.63, 3.8) is 0 Å². The first-order valence-electron chi connectivity index (χ1n) is 6.75. The van der Waals surface area contributed by atoms with Gasteiger partial charge in [-0.05, 0) is 46.5 Å². The van der Waals surface area contributed by atoms with Crippen LogP contribution in [0.4, 0.5) is 0 Å². The van der Waals surface area contributed by atoms with Gasteiger partial charge in [-0.1, -0.05) is 19.3 Å². The molecule has 0 radical (unpaired) electrons. The van der Waals surface area contributed by atoms with Gasteiger partial charge in [0, 0.05) is 0 Å². The molecule has 0 aromatic heterocycles. The molecule has 1 aliphatic rings. The van der Waals surface area contributed by atoms with Crippen LogP contribution in [-0.4, -0.2) is 24.3 Å². The van der Waals surface area contributed by atoms with Crippen LogP contribution in [-0.2, 0) is 14.3 Å². The fraction of sp³-hybridized carbons (Fsp3) is 0.929. The van der Waals surface area contributed by atoms with Crippen molar-refractivity contribution in [1.82, 2.24) is 0 Å². The Labute approximate surface area is 105 Å². The number of carbonyl (C=O) groups is 1. The van der Waals surface area contributed by atoms with Crippen LogP contribution in [0.1, 0.15) is 59.8 Å². The van der Waals surface area contributed by atoms with Gasteiger partial charge in [0.05, 0.1) is 6.10 Å². The van der Waals surface area contributed by atoms with E-state index in [0.29, 0.717) is 5.92 Å². The quantitative estimate of drug-likeness (QED) is 0.694. The number of hydrogen-bond acceptors (Lipinski definition) is 3. The van der Waals surface area contributed by atoms with E-state index in [1.807, 2.05) is 27.7 Å². The third-order valence-electron chi connectivity index (χ3n) is 3.50. The van der Waals surface area contributed by atoms with E-state index in [9.17, 15) is 4.79 Å². The van der Waals surface area contributed by atoms with Gasteiger partial charge in [0.2, 0.25) is 0 Å². The Balaban J connectivity index is 2.38. The molecule has 0 aromatic rings. The van der Waals surface area contributed by atoms with Gasteiger partial charge in [-0.15, -0.1) is 0 Å². The van der Waals surface area contributed by atoms with E-state index in [0.717, 1.165) is 0 Å². The average Bonchev–Trinajstić information content (AvgIpc) is 2.27. The molecule has 1 fully saturated rings. The molecule has 0 spiro atoms. The molecule has 0 unspecified atom stereocenters. The Morgan fingerprint density at radius 3 is 2.35 bits per heavy atom. The Hall–Kier alpha value is -0.570. The molecule has 0 aliphatic heterocycles. The minimum absolute atomic E-state index is 0.0633. The summed E-state index contributed by atoms with van der Waals surface area (Å²) in [5.74, 6) is 0.258. The van der Waals surface area contributed by atoms with Crippen molar-refractivity contribution in [3.05, 3.63) is 0 Å². The van der Waals surface area contributed by atoms with E-state index < -0.39 is 0 Å². The predicted molar refractivity (Wildman–Crippen MR) is 67.8 cm³/mol. The number of rotatable bonds is 5. The highest BCUT2D eigenvalue weighted by Gasteiger charge is 2.34. The van der Waals surface area contributed by atoms with E-state index in [2.05, 4.69) is 0 Å². The van der Waals surface area contributed by atoms with Crippen LogP contribution < -0.4 is 0 Å². The minimum atomic E-state index is -0.349. The highest BCUT2D eigenvalue weighted by Crippen LogP contribution is 2.34. The Morgan fingerprint density at radius 1 is 1.24 bits per heavy atom. The number of ether oxygens (including phenoxy) is 2.